The van der Waals surface area contributed by atoms with Gasteiger partial charge in [0.25, 0.3) is 0 Å². The normalized spacial score (nSPS) is 10.2. The number of hydrogen-bond acceptors (Lipinski definition) is 1. The maximum Gasteiger partial charge on any atom is 0.0866 e. The van der Waals surface area contributed by atoms with Gasteiger partial charge in [-0.25, -0.2) is 0 Å². The summed E-state index contributed by atoms with van der Waals surface area (Å²) in [6.45, 7) is 8.16. The van der Waals surface area contributed by atoms with Gasteiger partial charge in [0.15, 0.2) is 0 Å². The third-order valence-electron chi connectivity index (χ3n) is 2.54. The highest BCUT2D eigenvalue weighted by Crippen LogP contribution is 2.19. The average Bonchev–Trinajstić information content (AvgIpc) is 2.27. The second kappa shape index (κ2) is 9.17. The predicted octanol–water partition coefficient (Wildman–Crippen LogP) is -0.639. The van der Waals surface area contributed by atoms with Crippen LogP contribution in [0.1, 0.15) is 13.8 Å². The maximum atomic E-state index is 5.83. The zero-order valence-corrected chi connectivity index (χ0v) is 12.1. The summed E-state index contributed by atoms with van der Waals surface area (Å²) in [5, 5.41) is 0.814. The van der Waals surface area contributed by atoms with Gasteiger partial charge in [0.05, 0.1) is 19.6 Å². The molecule has 1 aromatic carbocycles. The Morgan fingerprint density at radius 2 is 1.69 bits per heavy atom. The van der Waals surface area contributed by atoms with Crippen molar-refractivity contribution in [1.82, 2.24) is 0 Å². The van der Waals surface area contributed by atoms with Crippen molar-refractivity contribution >= 4 is 23.4 Å². The van der Waals surface area contributed by atoms with E-state index >= 15 is 0 Å². The summed E-state index contributed by atoms with van der Waals surface area (Å²) in [5.74, 6) is 1.18. The number of nitrogens with one attached hydrogen (secondary N) is 1. The van der Waals surface area contributed by atoms with E-state index in [1.807, 2.05) is 23.9 Å². The topological polar surface area (TPSA) is 4.44 Å². The zero-order chi connectivity index (χ0) is 11.1. The van der Waals surface area contributed by atoms with Crippen LogP contribution in [-0.4, -0.2) is 25.4 Å². The van der Waals surface area contributed by atoms with Gasteiger partial charge in [-0.05, 0) is 38.1 Å². The van der Waals surface area contributed by atoms with Gasteiger partial charge in [-0.1, -0.05) is 11.6 Å². The molecular weight excluding hydrogens is 261 g/mol. The number of quaternary nitrogens is 1. The van der Waals surface area contributed by atoms with Crippen molar-refractivity contribution < 1.29 is 17.3 Å². The Balaban J connectivity index is 0.00000225. The molecule has 0 aromatic heterocycles. The van der Waals surface area contributed by atoms with E-state index in [1.165, 1.54) is 30.3 Å². The maximum absolute atomic E-state index is 5.83. The van der Waals surface area contributed by atoms with E-state index in [4.69, 9.17) is 11.6 Å². The van der Waals surface area contributed by atoms with E-state index in [1.54, 1.807) is 4.90 Å². The van der Waals surface area contributed by atoms with Crippen molar-refractivity contribution in [3.63, 3.8) is 0 Å². The molecule has 0 saturated carbocycles. The Morgan fingerprint density at radius 3 is 2.19 bits per heavy atom. The van der Waals surface area contributed by atoms with Crippen LogP contribution in [0.5, 0.6) is 0 Å². The molecule has 0 radical (unpaired) electrons. The van der Waals surface area contributed by atoms with Gasteiger partial charge >= 0.3 is 0 Å². The van der Waals surface area contributed by atoms with Crippen LogP contribution < -0.4 is 17.3 Å². The van der Waals surface area contributed by atoms with Crippen LogP contribution in [0.3, 0.4) is 0 Å². The van der Waals surface area contributed by atoms with Crippen molar-refractivity contribution in [3.8, 4) is 0 Å². The monoisotopic (exact) mass is 279 g/mol. The lowest BCUT2D eigenvalue weighted by Gasteiger charge is -2.14. The summed E-state index contributed by atoms with van der Waals surface area (Å²) in [4.78, 5) is 2.97. The number of hydrogen-bond donors (Lipinski definition) is 1. The first kappa shape index (κ1) is 16.1. The summed E-state index contributed by atoms with van der Waals surface area (Å²) in [5.41, 5.74) is 0. The highest BCUT2D eigenvalue weighted by molar-refractivity contribution is 7.99. The molecule has 0 saturated heterocycles. The zero-order valence-electron chi connectivity index (χ0n) is 9.80. The Morgan fingerprint density at radius 1 is 1.12 bits per heavy atom. The highest BCUT2D eigenvalue weighted by atomic mass is 35.5. The third kappa shape index (κ3) is 6.00. The fourth-order valence-corrected chi connectivity index (χ4v) is 2.53. The quantitative estimate of drug-likeness (QED) is 0.679. The Hall–Kier alpha value is 0.110. The van der Waals surface area contributed by atoms with Crippen molar-refractivity contribution in [2.45, 2.75) is 18.7 Å². The molecule has 1 N–H and O–H groups in total. The van der Waals surface area contributed by atoms with Gasteiger partial charge in [-0.2, -0.15) is 0 Å². The van der Waals surface area contributed by atoms with Crippen LogP contribution in [-0.2, 0) is 0 Å². The lowest BCUT2D eigenvalue weighted by molar-refractivity contribution is -0.893. The fraction of sp³-hybridized carbons (Fsp3) is 0.500. The molecule has 92 valence electrons. The van der Waals surface area contributed by atoms with Crippen LogP contribution in [0.15, 0.2) is 29.2 Å². The van der Waals surface area contributed by atoms with Crippen LogP contribution in [0.4, 0.5) is 0 Å². The van der Waals surface area contributed by atoms with Crippen LogP contribution in [0.25, 0.3) is 0 Å². The molecule has 0 heterocycles. The van der Waals surface area contributed by atoms with Gasteiger partial charge < -0.3 is 17.3 Å². The van der Waals surface area contributed by atoms with Crippen LogP contribution in [0.2, 0.25) is 5.02 Å². The highest BCUT2D eigenvalue weighted by Gasteiger charge is 2.02. The molecule has 1 aromatic rings. The minimum atomic E-state index is 0. The standard InChI is InChI=1S/C12H18ClNS.ClH/c1-3-14(4-2)9-10-15-12-7-5-11(13)6-8-12;/h5-8H,3-4,9-10H2,1-2H3;1H. The Bertz CT molecular complexity index is 273. The van der Waals surface area contributed by atoms with Gasteiger partial charge in [0, 0.05) is 15.7 Å². The number of rotatable bonds is 6. The molecule has 16 heavy (non-hydrogen) atoms. The van der Waals surface area contributed by atoms with Crippen LogP contribution >= 0.6 is 23.4 Å². The van der Waals surface area contributed by atoms with E-state index in [-0.39, 0.29) is 12.4 Å². The summed E-state index contributed by atoms with van der Waals surface area (Å²) >= 11 is 7.74. The van der Waals surface area contributed by atoms with Crippen molar-refractivity contribution in [2.75, 3.05) is 25.4 Å². The minimum Gasteiger partial charge on any atom is -1.00 e. The van der Waals surface area contributed by atoms with Gasteiger partial charge in [-0.15, -0.1) is 11.8 Å². The molecule has 0 atom stereocenters. The SMILES string of the molecule is CC[NH+](CC)CCSc1ccc(Cl)cc1.[Cl-]. The van der Waals surface area contributed by atoms with Crippen molar-refractivity contribution in [1.29, 1.82) is 0 Å². The van der Waals surface area contributed by atoms with E-state index in [2.05, 4.69) is 26.0 Å². The predicted molar refractivity (Wildman–Crippen MR) is 69.1 cm³/mol. The third-order valence-corrected chi connectivity index (χ3v) is 3.80. The summed E-state index contributed by atoms with van der Waals surface area (Å²) in [7, 11) is 0. The minimum absolute atomic E-state index is 0. The Labute approximate surface area is 114 Å². The second-order valence-corrected chi connectivity index (χ2v) is 5.11. The second-order valence-electron chi connectivity index (χ2n) is 3.51. The number of benzene rings is 1. The lowest BCUT2D eigenvalue weighted by atomic mass is 10.4. The van der Waals surface area contributed by atoms with E-state index in [0.717, 1.165) is 5.02 Å². The lowest BCUT2D eigenvalue weighted by Crippen LogP contribution is -3.11. The van der Waals surface area contributed by atoms with Gasteiger partial charge in [0.1, 0.15) is 0 Å². The van der Waals surface area contributed by atoms with Crippen molar-refractivity contribution in [2.24, 2.45) is 0 Å². The largest absolute Gasteiger partial charge is 1.00 e. The first-order valence-corrected chi connectivity index (χ1v) is 6.84. The number of halogens is 2. The van der Waals surface area contributed by atoms with Gasteiger partial charge in [0.2, 0.25) is 0 Å². The van der Waals surface area contributed by atoms with E-state index < -0.39 is 0 Å². The fourth-order valence-electron chi connectivity index (χ4n) is 1.45. The first-order valence-electron chi connectivity index (χ1n) is 5.48. The average molecular weight is 280 g/mol. The van der Waals surface area contributed by atoms with Gasteiger partial charge in [-0.3, -0.25) is 0 Å². The molecule has 1 rings (SSSR count). The number of thioether (sulfide) groups is 1. The smallest absolute Gasteiger partial charge is 0.0866 e. The molecule has 0 fully saturated rings. The molecule has 1 nitrogen and oxygen atoms in total. The first-order chi connectivity index (χ1) is 7.26. The summed E-state index contributed by atoms with van der Waals surface area (Å²) in [6, 6.07) is 8.08. The van der Waals surface area contributed by atoms with Crippen LogP contribution in [0, 0.1) is 0 Å². The summed E-state index contributed by atoms with van der Waals surface area (Å²) in [6.07, 6.45) is 0. The molecular formula is C12H19Cl2NS. The summed E-state index contributed by atoms with van der Waals surface area (Å²) < 4.78 is 0. The molecule has 0 aliphatic carbocycles. The molecule has 0 bridgehead atoms. The molecule has 0 unspecified atom stereocenters. The molecule has 0 aliphatic rings. The van der Waals surface area contributed by atoms with E-state index in [9.17, 15) is 0 Å². The molecule has 0 amide bonds. The molecule has 4 heteroatoms. The van der Waals surface area contributed by atoms with E-state index in [0.29, 0.717) is 0 Å². The molecule has 0 aliphatic heterocycles. The Kier molecular flexibility index (Phi) is 9.24. The van der Waals surface area contributed by atoms with Crippen molar-refractivity contribution in [3.05, 3.63) is 29.3 Å². The molecule has 0 spiro atoms.